The van der Waals surface area contributed by atoms with Gasteiger partial charge in [-0.2, -0.15) is 0 Å². The average Bonchev–Trinajstić information content (AvgIpc) is 3.13. The van der Waals surface area contributed by atoms with Gasteiger partial charge in [0.05, 0.1) is 0 Å². The van der Waals surface area contributed by atoms with Gasteiger partial charge in [0, 0.05) is 6.54 Å². The Bertz CT molecular complexity index is 498. The zero-order valence-electron chi connectivity index (χ0n) is 12.1. The molecule has 0 unspecified atom stereocenters. The summed E-state index contributed by atoms with van der Waals surface area (Å²) in [6, 6.07) is -0.625. The zero-order chi connectivity index (χ0) is 15.8. The Labute approximate surface area is 122 Å². The number of amides is 4. The molecule has 8 nitrogen and oxygen atoms in total. The van der Waals surface area contributed by atoms with Gasteiger partial charge in [-0.1, -0.05) is 0 Å². The number of hydrogen-bond acceptors (Lipinski definition) is 4. The van der Waals surface area contributed by atoms with Crippen molar-refractivity contribution < 1.29 is 24.3 Å². The smallest absolute Gasteiger partial charge is 0.325 e. The van der Waals surface area contributed by atoms with Crippen LogP contribution in [0.15, 0.2) is 0 Å². The summed E-state index contributed by atoms with van der Waals surface area (Å²) in [5, 5.41) is 11.3. The second-order valence-electron chi connectivity index (χ2n) is 6.06. The molecule has 0 aromatic heterocycles. The second kappa shape index (κ2) is 5.34. The number of rotatable bonds is 6. The van der Waals surface area contributed by atoms with E-state index in [1.54, 1.807) is 13.8 Å². The van der Waals surface area contributed by atoms with Gasteiger partial charge in [0.1, 0.15) is 18.6 Å². The van der Waals surface area contributed by atoms with Gasteiger partial charge < -0.3 is 15.3 Å². The number of urea groups is 1. The van der Waals surface area contributed by atoms with Crippen molar-refractivity contribution in [3.63, 3.8) is 0 Å². The van der Waals surface area contributed by atoms with E-state index in [2.05, 4.69) is 5.32 Å². The van der Waals surface area contributed by atoms with Crippen molar-refractivity contribution in [2.75, 3.05) is 19.6 Å². The van der Waals surface area contributed by atoms with Crippen molar-refractivity contribution >= 4 is 23.8 Å². The van der Waals surface area contributed by atoms with Crippen LogP contribution in [0.2, 0.25) is 0 Å². The second-order valence-corrected chi connectivity index (χ2v) is 6.06. The molecule has 0 bridgehead atoms. The van der Waals surface area contributed by atoms with Crippen LogP contribution < -0.4 is 5.32 Å². The molecular weight excluding hydrogens is 278 g/mol. The molecule has 116 valence electrons. The van der Waals surface area contributed by atoms with E-state index in [4.69, 9.17) is 5.11 Å². The monoisotopic (exact) mass is 297 g/mol. The van der Waals surface area contributed by atoms with E-state index >= 15 is 0 Å². The van der Waals surface area contributed by atoms with Crippen molar-refractivity contribution in [1.82, 2.24) is 15.1 Å². The summed E-state index contributed by atoms with van der Waals surface area (Å²) >= 11 is 0. The summed E-state index contributed by atoms with van der Waals surface area (Å²) < 4.78 is 0. The van der Waals surface area contributed by atoms with Gasteiger partial charge in [0.25, 0.3) is 5.91 Å². The number of carboxylic acid groups (broad SMARTS) is 1. The first kappa shape index (κ1) is 15.3. The molecule has 21 heavy (non-hydrogen) atoms. The van der Waals surface area contributed by atoms with Crippen molar-refractivity contribution in [2.24, 2.45) is 5.92 Å². The summed E-state index contributed by atoms with van der Waals surface area (Å²) in [6.07, 6.45) is 1.94. The fourth-order valence-corrected chi connectivity index (χ4v) is 2.23. The van der Waals surface area contributed by atoms with Gasteiger partial charge in [0.15, 0.2) is 0 Å². The van der Waals surface area contributed by atoms with E-state index in [-0.39, 0.29) is 0 Å². The fourth-order valence-electron chi connectivity index (χ4n) is 2.23. The molecule has 2 N–H and O–H groups in total. The SMILES string of the molecule is CC1(C)NC(=O)N(CC(=O)N(CC(=O)O)CC2CC2)C1=O. The van der Waals surface area contributed by atoms with Crippen molar-refractivity contribution in [1.29, 1.82) is 0 Å². The zero-order valence-corrected chi connectivity index (χ0v) is 12.1. The van der Waals surface area contributed by atoms with Gasteiger partial charge >= 0.3 is 12.0 Å². The van der Waals surface area contributed by atoms with Crippen LogP contribution in [0.3, 0.4) is 0 Å². The third-order valence-electron chi connectivity index (χ3n) is 3.59. The molecule has 0 aromatic carbocycles. The fraction of sp³-hybridized carbons (Fsp3) is 0.692. The van der Waals surface area contributed by atoms with E-state index < -0.39 is 42.4 Å². The van der Waals surface area contributed by atoms with Crippen LogP contribution in [0.1, 0.15) is 26.7 Å². The third kappa shape index (κ3) is 3.50. The minimum Gasteiger partial charge on any atom is -0.480 e. The van der Waals surface area contributed by atoms with Gasteiger partial charge in [-0.15, -0.1) is 0 Å². The number of carbonyl (C=O) groups is 4. The Morgan fingerprint density at radius 2 is 2.00 bits per heavy atom. The summed E-state index contributed by atoms with van der Waals surface area (Å²) in [6.45, 7) is 2.63. The lowest BCUT2D eigenvalue weighted by molar-refractivity contribution is -0.145. The predicted octanol–water partition coefficient (Wildman–Crippen LogP) is -0.360. The van der Waals surface area contributed by atoms with Crippen molar-refractivity contribution in [2.45, 2.75) is 32.2 Å². The summed E-state index contributed by atoms with van der Waals surface area (Å²) in [4.78, 5) is 48.8. The molecule has 0 atom stereocenters. The Kier molecular flexibility index (Phi) is 3.89. The largest absolute Gasteiger partial charge is 0.480 e. The van der Waals surface area contributed by atoms with E-state index in [9.17, 15) is 19.2 Å². The van der Waals surface area contributed by atoms with Crippen LogP contribution in [-0.4, -0.2) is 63.9 Å². The van der Waals surface area contributed by atoms with E-state index in [1.807, 2.05) is 0 Å². The first-order chi connectivity index (χ1) is 9.70. The van der Waals surface area contributed by atoms with Crippen LogP contribution in [-0.2, 0) is 14.4 Å². The van der Waals surface area contributed by atoms with Crippen molar-refractivity contribution in [3.8, 4) is 0 Å². The molecule has 2 aliphatic rings. The highest BCUT2D eigenvalue weighted by molar-refractivity contribution is 6.08. The highest BCUT2D eigenvalue weighted by Crippen LogP contribution is 2.29. The number of imide groups is 1. The minimum atomic E-state index is -1.11. The Hall–Kier alpha value is -2.12. The minimum absolute atomic E-state index is 0.327. The topological polar surface area (TPSA) is 107 Å². The summed E-state index contributed by atoms with van der Waals surface area (Å²) in [5.41, 5.74) is -1.04. The first-order valence-electron chi connectivity index (χ1n) is 6.84. The van der Waals surface area contributed by atoms with Gasteiger partial charge in [-0.25, -0.2) is 4.79 Å². The molecule has 1 saturated carbocycles. The summed E-state index contributed by atoms with van der Waals surface area (Å²) in [7, 11) is 0. The predicted molar refractivity (Wildman–Crippen MR) is 71.3 cm³/mol. The Morgan fingerprint density at radius 3 is 2.43 bits per heavy atom. The molecule has 0 radical (unpaired) electrons. The molecule has 2 fully saturated rings. The Morgan fingerprint density at radius 1 is 1.38 bits per heavy atom. The molecule has 1 aliphatic carbocycles. The van der Waals surface area contributed by atoms with Gasteiger partial charge in [-0.05, 0) is 32.6 Å². The van der Waals surface area contributed by atoms with Crippen LogP contribution in [0, 0.1) is 5.92 Å². The molecule has 4 amide bonds. The number of nitrogens with one attached hydrogen (secondary N) is 1. The van der Waals surface area contributed by atoms with E-state index in [0.29, 0.717) is 12.5 Å². The molecule has 0 spiro atoms. The number of carboxylic acids is 1. The lowest BCUT2D eigenvalue weighted by Gasteiger charge is -2.23. The molecule has 1 heterocycles. The lowest BCUT2D eigenvalue weighted by Crippen LogP contribution is -2.46. The van der Waals surface area contributed by atoms with Crippen LogP contribution in [0.25, 0.3) is 0 Å². The van der Waals surface area contributed by atoms with E-state index in [0.717, 1.165) is 17.7 Å². The molecule has 8 heteroatoms. The van der Waals surface area contributed by atoms with Crippen LogP contribution in [0.5, 0.6) is 0 Å². The molecule has 0 aromatic rings. The Balaban J connectivity index is 2.02. The quantitative estimate of drug-likeness (QED) is 0.651. The standard InChI is InChI=1S/C13H19N3O5/c1-13(2)11(20)16(12(21)14-13)6-9(17)15(7-10(18)19)5-8-3-4-8/h8H,3-7H2,1-2H3,(H,14,21)(H,18,19). The van der Waals surface area contributed by atoms with Crippen LogP contribution >= 0.6 is 0 Å². The number of aliphatic carboxylic acids is 1. The highest BCUT2D eigenvalue weighted by atomic mass is 16.4. The number of nitrogens with zero attached hydrogens (tertiary/aromatic N) is 2. The maximum absolute atomic E-state index is 12.2. The summed E-state index contributed by atoms with van der Waals surface area (Å²) in [5.74, 6) is -1.79. The maximum atomic E-state index is 12.2. The number of hydrogen-bond donors (Lipinski definition) is 2. The van der Waals surface area contributed by atoms with E-state index in [1.165, 1.54) is 4.90 Å². The first-order valence-corrected chi connectivity index (χ1v) is 6.84. The average molecular weight is 297 g/mol. The molecular formula is C13H19N3O5. The van der Waals surface area contributed by atoms with Crippen molar-refractivity contribution in [3.05, 3.63) is 0 Å². The van der Waals surface area contributed by atoms with Gasteiger partial charge in [-0.3, -0.25) is 19.3 Å². The normalized spacial score (nSPS) is 20.4. The van der Waals surface area contributed by atoms with Gasteiger partial charge in [0.2, 0.25) is 5.91 Å². The highest BCUT2D eigenvalue weighted by Gasteiger charge is 2.45. The molecule has 1 saturated heterocycles. The third-order valence-corrected chi connectivity index (χ3v) is 3.59. The molecule has 2 rings (SSSR count). The lowest BCUT2D eigenvalue weighted by atomic mass is 10.1. The van der Waals surface area contributed by atoms with Crippen LogP contribution in [0.4, 0.5) is 4.79 Å². The number of carbonyl (C=O) groups excluding carboxylic acids is 3. The maximum Gasteiger partial charge on any atom is 0.325 e. The molecule has 1 aliphatic heterocycles.